The second-order valence-corrected chi connectivity index (χ2v) is 30.3. The molecule has 0 radical (unpaired) electrons. The van der Waals surface area contributed by atoms with Gasteiger partial charge in [-0.15, -0.1) is 0 Å². The first-order valence-corrected chi connectivity index (χ1v) is 40.3. The van der Waals surface area contributed by atoms with E-state index in [0.29, 0.717) is 37.5 Å². The fraction of sp³-hybridized carbons (Fsp3) is 0.944. The second kappa shape index (κ2) is 61.6. The molecule has 0 aromatic rings. The molecular weight excluding hydrogens is 1200 g/mol. The van der Waals surface area contributed by atoms with E-state index in [2.05, 4.69) is 55.4 Å². The van der Waals surface area contributed by atoms with Crippen LogP contribution in [-0.2, 0) is 65.4 Å². The molecule has 3 N–H and O–H groups in total. The summed E-state index contributed by atoms with van der Waals surface area (Å²) < 4.78 is 68.3. The lowest BCUT2D eigenvalue weighted by atomic mass is 9.99. The minimum atomic E-state index is -4.95. The van der Waals surface area contributed by atoms with Gasteiger partial charge in [0.05, 0.1) is 26.4 Å². The summed E-state index contributed by atoms with van der Waals surface area (Å²) in [4.78, 5) is 72.6. The highest BCUT2D eigenvalue weighted by molar-refractivity contribution is 7.47. The SMILES string of the molecule is CCC(C)CCCCCCCCCCCCCCCCC(=O)OC[C@H](COP(=O)(O)OC[C@@H](O)COP(=O)(O)OC[C@@H](COC(=O)CCCCCCCCC(C)C)OC(=O)CCCCCCCCCCCCC(C)CC)OC(=O)CCCCCCCCCC(C)C. The normalized spacial score (nSPS) is 14.8. The van der Waals surface area contributed by atoms with Crippen molar-refractivity contribution in [2.24, 2.45) is 23.7 Å². The summed E-state index contributed by atoms with van der Waals surface area (Å²) in [5, 5.41) is 10.6. The van der Waals surface area contributed by atoms with E-state index in [1.54, 1.807) is 0 Å². The number of hydrogen-bond acceptors (Lipinski definition) is 15. The van der Waals surface area contributed by atoms with Crippen LogP contribution < -0.4 is 0 Å². The maximum Gasteiger partial charge on any atom is 0.472 e. The average Bonchev–Trinajstić information content (AvgIpc) is 2.77. The van der Waals surface area contributed by atoms with Crippen LogP contribution in [0.3, 0.4) is 0 Å². The first kappa shape index (κ1) is 89.1. The topological polar surface area (TPSA) is 237 Å². The highest BCUT2D eigenvalue weighted by atomic mass is 31.2. The second-order valence-electron chi connectivity index (χ2n) is 27.4. The first-order chi connectivity index (χ1) is 43.7. The smallest absolute Gasteiger partial charge is 0.462 e. The molecule has 91 heavy (non-hydrogen) atoms. The van der Waals surface area contributed by atoms with Crippen LogP contribution in [-0.4, -0.2) is 96.7 Å². The van der Waals surface area contributed by atoms with Crippen molar-refractivity contribution >= 4 is 39.5 Å². The predicted octanol–water partition coefficient (Wildman–Crippen LogP) is 20.5. The van der Waals surface area contributed by atoms with E-state index in [0.717, 1.165) is 108 Å². The van der Waals surface area contributed by atoms with Gasteiger partial charge in [0.1, 0.15) is 19.3 Å². The Bertz CT molecular complexity index is 1800. The van der Waals surface area contributed by atoms with Gasteiger partial charge in [0, 0.05) is 25.7 Å². The van der Waals surface area contributed by atoms with E-state index in [1.165, 1.54) is 154 Å². The van der Waals surface area contributed by atoms with Crippen molar-refractivity contribution in [3.63, 3.8) is 0 Å². The summed E-state index contributed by atoms with van der Waals surface area (Å²) in [5.74, 6) is 0.897. The zero-order valence-electron chi connectivity index (χ0n) is 59.5. The molecule has 0 aliphatic heterocycles. The summed E-state index contributed by atoms with van der Waals surface area (Å²) in [7, 11) is -9.90. The fourth-order valence-electron chi connectivity index (χ4n) is 10.8. The fourth-order valence-corrected chi connectivity index (χ4v) is 12.4. The van der Waals surface area contributed by atoms with Crippen LogP contribution in [0.2, 0.25) is 0 Å². The van der Waals surface area contributed by atoms with Gasteiger partial charge in [-0.3, -0.25) is 37.3 Å². The first-order valence-electron chi connectivity index (χ1n) is 37.3. The molecule has 0 heterocycles. The Morgan fingerprint density at radius 3 is 0.780 bits per heavy atom. The van der Waals surface area contributed by atoms with Crippen LogP contribution in [0.5, 0.6) is 0 Å². The Hall–Kier alpha value is -1.94. The molecule has 0 aromatic heterocycles. The molecule has 0 aromatic carbocycles. The van der Waals surface area contributed by atoms with Crippen LogP contribution in [0, 0.1) is 23.7 Å². The number of carbonyl (C=O) groups is 4. The number of esters is 4. The molecule has 0 amide bonds. The number of rotatable bonds is 69. The molecule has 4 unspecified atom stereocenters. The van der Waals surface area contributed by atoms with Gasteiger partial charge < -0.3 is 33.8 Å². The van der Waals surface area contributed by atoms with Gasteiger partial charge in [0.2, 0.25) is 0 Å². The summed E-state index contributed by atoms with van der Waals surface area (Å²) >= 11 is 0. The molecule has 0 bridgehead atoms. The van der Waals surface area contributed by atoms with Gasteiger partial charge in [0.25, 0.3) is 0 Å². The number of hydrogen-bond donors (Lipinski definition) is 3. The van der Waals surface area contributed by atoms with Crippen molar-refractivity contribution in [3.8, 4) is 0 Å². The lowest BCUT2D eigenvalue weighted by molar-refractivity contribution is -0.161. The summed E-state index contributed by atoms with van der Waals surface area (Å²) in [5.41, 5.74) is 0. The van der Waals surface area contributed by atoms with Gasteiger partial charge >= 0.3 is 39.5 Å². The molecular formula is C72H140O17P2. The average molecular weight is 1340 g/mol. The third-order valence-electron chi connectivity index (χ3n) is 17.3. The van der Waals surface area contributed by atoms with Gasteiger partial charge in [-0.05, 0) is 49.4 Å². The molecule has 0 rings (SSSR count). The third-order valence-corrected chi connectivity index (χ3v) is 19.2. The van der Waals surface area contributed by atoms with E-state index in [1.807, 2.05) is 0 Å². The molecule has 17 nitrogen and oxygen atoms in total. The molecule has 540 valence electrons. The Balaban J connectivity index is 5.19. The number of aliphatic hydroxyl groups is 1. The highest BCUT2D eigenvalue weighted by Gasteiger charge is 2.30. The van der Waals surface area contributed by atoms with Crippen LogP contribution >= 0.6 is 15.6 Å². The number of carbonyl (C=O) groups excluding carboxylic acids is 4. The van der Waals surface area contributed by atoms with Crippen molar-refractivity contribution in [3.05, 3.63) is 0 Å². The van der Waals surface area contributed by atoms with Crippen molar-refractivity contribution < 1.29 is 80.2 Å². The van der Waals surface area contributed by atoms with E-state index < -0.39 is 97.5 Å². The van der Waals surface area contributed by atoms with Crippen molar-refractivity contribution in [2.45, 2.75) is 375 Å². The number of phosphoric acid groups is 2. The summed E-state index contributed by atoms with van der Waals surface area (Å²) in [6, 6.07) is 0. The lowest BCUT2D eigenvalue weighted by Gasteiger charge is -2.21. The Kier molecular flexibility index (Phi) is 60.3. The molecule has 0 saturated carbocycles. The summed E-state index contributed by atoms with van der Waals surface area (Å²) in [6.07, 6.45) is 44.6. The largest absolute Gasteiger partial charge is 0.472 e. The molecule has 0 saturated heterocycles. The zero-order valence-corrected chi connectivity index (χ0v) is 61.3. The van der Waals surface area contributed by atoms with Crippen LogP contribution in [0.4, 0.5) is 0 Å². The van der Waals surface area contributed by atoms with E-state index in [9.17, 15) is 43.2 Å². The standard InChI is InChI=1S/C72H140O17P2/c1-9-64(7)50-42-34-25-19-15-13-11-12-14-16-21-27-36-44-52-69(74)82-58-67(89-72(77)55-47-39-29-23-24-32-40-48-62(3)4)60-86-90(78,79)84-56-66(73)57-85-91(80,81)87-61-68(59-83-70(75)53-45-37-31-30-33-41-49-63(5)6)88-71(76)54-46-38-28-22-18-17-20-26-35-43-51-65(8)10-2/h62-68,73H,9-61H2,1-8H3,(H,78,79)(H,80,81)/t64?,65?,66-,67-,68-/m1/s1. The van der Waals surface area contributed by atoms with Crippen LogP contribution in [0.1, 0.15) is 357 Å². The van der Waals surface area contributed by atoms with Gasteiger partial charge in [-0.25, -0.2) is 9.13 Å². The molecule has 0 spiro atoms. The van der Waals surface area contributed by atoms with Gasteiger partial charge in [0.15, 0.2) is 12.2 Å². The van der Waals surface area contributed by atoms with E-state index >= 15 is 0 Å². The van der Waals surface area contributed by atoms with Crippen molar-refractivity contribution in [2.75, 3.05) is 39.6 Å². The molecule has 0 aliphatic carbocycles. The zero-order chi connectivity index (χ0) is 67.5. The lowest BCUT2D eigenvalue weighted by Crippen LogP contribution is -2.30. The van der Waals surface area contributed by atoms with E-state index in [4.69, 9.17) is 37.0 Å². The Morgan fingerprint density at radius 1 is 0.308 bits per heavy atom. The predicted molar refractivity (Wildman–Crippen MR) is 367 cm³/mol. The third kappa shape index (κ3) is 63.9. The highest BCUT2D eigenvalue weighted by Crippen LogP contribution is 2.45. The van der Waals surface area contributed by atoms with Gasteiger partial charge in [-0.2, -0.15) is 0 Å². The number of phosphoric ester groups is 2. The Morgan fingerprint density at radius 2 is 0.527 bits per heavy atom. The van der Waals surface area contributed by atoms with Crippen LogP contribution in [0.15, 0.2) is 0 Å². The molecule has 7 atom stereocenters. The molecule has 0 aliphatic rings. The number of aliphatic hydroxyl groups excluding tert-OH is 1. The van der Waals surface area contributed by atoms with Crippen molar-refractivity contribution in [1.82, 2.24) is 0 Å². The maximum absolute atomic E-state index is 13.0. The monoisotopic (exact) mass is 1340 g/mol. The summed E-state index contributed by atoms with van der Waals surface area (Å²) in [6.45, 7) is 14.1. The van der Waals surface area contributed by atoms with E-state index in [-0.39, 0.29) is 25.7 Å². The minimum absolute atomic E-state index is 0.103. The van der Waals surface area contributed by atoms with Gasteiger partial charge in [-0.1, -0.05) is 306 Å². The number of ether oxygens (including phenoxy) is 4. The Labute approximate surface area is 556 Å². The van der Waals surface area contributed by atoms with Crippen LogP contribution in [0.25, 0.3) is 0 Å². The number of unbranched alkanes of at least 4 members (excludes halogenated alkanes) is 33. The minimum Gasteiger partial charge on any atom is -0.462 e. The van der Waals surface area contributed by atoms with Crippen molar-refractivity contribution in [1.29, 1.82) is 0 Å². The molecule has 0 fully saturated rings. The quantitative estimate of drug-likeness (QED) is 0.0222. The maximum atomic E-state index is 13.0. The molecule has 19 heteroatoms.